The number of rotatable bonds is 2. The van der Waals surface area contributed by atoms with Gasteiger partial charge >= 0.3 is 0 Å². The molecule has 0 saturated carbocycles. The van der Waals surface area contributed by atoms with Crippen LogP contribution in [0.4, 0.5) is 0 Å². The number of hydrogen-bond acceptors (Lipinski definition) is 1. The number of piperidine rings is 1. The van der Waals surface area contributed by atoms with Crippen molar-refractivity contribution in [2.45, 2.75) is 45.6 Å². The van der Waals surface area contributed by atoms with Crippen LogP contribution in [0, 0.1) is 13.8 Å². The van der Waals surface area contributed by atoms with Gasteiger partial charge in [0.1, 0.15) is 0 Å². The number of nitrogens with one attached hydrogen (secondary N) is 1. The summed E-state index contributed by atoms with van der Waals surface area (Å²) in [5.41, 5.74) is 4.18. The Morgan fingerprint density at radius 3 is 2.81 bits per heavy atom. The highest BCUT2D eigenvalue weighted by atomic mass is 79.9. The van der Waals surface area contributed by atoms with Gasteiger partial charge in [-0.3, -0.25) is 0 Å². The van der Waals surface area contributed by atoms with Gasteiger partial charge in [0.15, 0.2) is 0 Å². The van der Waals surface area contributed by atoms with E-state index >= 15 is 0 Å². The molecule has 0 amide bonds. The van der Waals surface area contributed by atoms with Crippen LogP contribution >= 0.6 is 15.9 Å². The lowest BCUT2D eigenvalue weighted by Crippen LogP contribution is -2.35. The Kier molecular flexibility index (Phi) is 4.04. The lowest BCUT2D eigenvalue weighted by Gasteiger charge is -2.24. The zero-order valence-corrected chi connectivity index (χ0v) is 11.7. The van der Waals surface area contributed by atoms with Gasteiger partial charge in [-0.15, -0.1) is 0 Å². The van der Waals surface area contributed by atoms with Crippen LogP contribution in [0.1, 0.15) is 36.0 Å². The van der Waals surface area contributed by atoms with E-state index in [1.807, 2.05) is 0 Å². The van der Waals surface area contributed by atoms with Crippen LogP contribution in [0.5, 0.6) is 0 Å². The second-order valence-electron chi connectivity index (χ2n) is 4.91. The molecule has 1 unspecified atom stereocenters. The second kappa shape index (κ2) is 5.33. The molecular weight excluding hydrogens is 262 g/mol. The molecule has 0 spiro atoms. The van der Waals surface area contributed by atoms with Gasteiger partial charge in [0, 0.05) is 10.5 Å². The summed E-state index contributed by atoms with van der Waals surface area (Å²) < 4.78 is 1.30. The predicted octanol–water partition coefficient (Wildman–Crippen LogP) is 3.75. The van der Waals surface area contributed by atoms with E-state index in [0.717, 1.165) is 6.42 Å². The van der Waals surface area contributed by atoms with Crippen molar-refractivity contribution in [1.82, 2.24) is 5.32 Å². The van der Waals surface area contributed by atoms with Crippen LogP contribution in [0.15, 0.2) is 16.6 Å². The summed E-state index contributed by atoms with van der Waals surface area (Å²) in [7, 11) is 0. The molecule has 2 rings (SSSR count). The van der Waals surface area contributed by atoms with Gasteiger partial charge in [-0.25, -0.2) is 0 Å². The molecule has 0 bridgehead atoms. The lowest BCUT2D eigenvalue weighted by atomic mass is 9.96. The molecule has 1 aromatic rings. The first-order valence-electron chi connectivity index (χ1n) is 6.16. The molecule has 1 N–H and O–H groups in total. The van der Waals surface area contributed by atoms with Gasteiger partial charge in [0.2, 0.25) is 0 Å². The van der Waals surface area contributed by atoms with Crippen molar-refractivity contribution in [1.29, 1.82) is 0 Å². The van der Waals surface area contributed by atoms with E-state index in [2.05, 4.69) is 47.2 Å². The third-order valence-corrected chi connectivity index (χ3v) is 4.49. The number of hydrogen-bond donors (Lipinski definition) is 1. The number of benzene rings is 1. The Hall–Kier alpha value is -0.340. The second-order valence-corrected chi connectivity index (χ2v) is 5.70. The molecular formula is C14H20BrN. The van der Waals surface area contributed by atoms with Crippen LogP contribution in [0.2, 0.25) is 0 Å². The van der Waals surface area contributed by atoms with Gasteiger partial charge in [0.25, 0.3) is 0 Å². The quantitative estimate of drug-likeness (QED) is 0.871. The smallest absolute Gasteiger partial charge is 0.0237 e. The fourth-order valence-corrected chi connectivity index (χ4v) is 2.94. The largest absolute Gasteiger partial charge is 0.314 e. The van der Waals surface area contributed by atoms with Crippen LogP contribution in [0.3, 0.4) is 0 Å². The Morgan fingerprint density at radius 1 is 1.31 bits per heavy atom. The highest BCUT2D eigenvalue weighted by Gasteiger charge is 2.15. The van der Waals surface area contributed by atoms with E-state index in [-0.39, 0.29) is 0 Å². The maximum absolute atomic E-state index is 3.71. The molecule has 16 heavy (non-hydrogen) atoms. The van der Waals surface area contributed by atoms with Crippen molar-refractivity contribution >= 4 is 15.9 Å². The average molecular weight is 282 g/mol. The zero-order chi connectivity index (χ0) is 11.5. The molecule has 0 aliphatic carbocycles. The minimum Gasteiger partial charge on any atom is -0.314 e. The molecule has 1 aromatic carbocycles. The van der Waals surface area contributed by atoms with Crippen molar-refractivity contribution in [3.05, 3.63) is 33.3 Å². The molecule has 1 heterocycles. The van der Waals surface area contributed by atoms with Crippen molar-refractivity contribution in [2.24, 2.45) is 0 Å². The Bertz CT molecular complexity index is 367. The molecule has 1 nitrogen and oxygen atoms in total. The topological polar surface area (TPSA) is 12.0 Å². The van der Waals surface area contributed by atoms with Crippen LogP contribution in [-0.4, -0.2) is 12.6 Å². The summed E-state index contributed by atoms with van der Waals surface area (Å²) in [5.74, 6) is 0. The molecule has 2 heteroatoms. The maximum atomic E-state index is 3.71. The molecule has 1 saturated heterocycles. The Labute approximate surface area is 107 Å². The highest BCUT2D eigenvalue weighted by molar-refractivity contribution is 9.10. The number of halogens is 1. The maximum Gasteiger partial charge on any atom is 0.0237 e. The molecule has 88 valence electrons. The van der Waals surface area contributed by atoms with Gasteiger partial charge in [-0.05, 0) is 50.8 Å². The third kappa shape index (κ3) is 2.86. The third-order valence-electron chi connectivity index (χ3n) is 3.35. The van der Waals surface area contributed by atoms with Crippen molar-refractivity contribution in [2.75, 3.05) is 6.54 Å². The fourth-order valence-electron chi connectivity index (χ4n) is 2.55. The van der Waals surface area contributed by atoms with Crippen molar-refractivity contribution in [3.63, 3.8) is 0 Å². The van der Waals surface area contributed by atoms with Gasteiger partial charge in [-0.1, -0.05) is 40.0 Å². The minimum absolute atomic E-state index is 0.672. The first-order valence-corrected chi connectivity index (χ1v) is 6.95. The Balaban J connectivity index is 2.13. The Morgan fingerprint density at radius 2 is 2.12 bits per heavy atom. The highest BCUT2D eigenvalue weighted by Crippen LogP contribution is 2.25. The lowest BCUT2D eigenvalue weighted by molar-refractivity contribution is 0.399. The summed E-state index contributed by atoms with van der Waals surface area (Å²) in [6.07, 6.45) is 5.19. The van der Waals surface area contributed by atoms with Crippen LogP contribution < -0.4 is 5.32 Å². The van der Waals surface area contributed by atoms with E-state index in [1.165, 1.54) is 47.0 Å². The van der Waals surface area contributed by atoms with Crippen LogP contribution in [0.25, 0.3) is 0 Å². The van der Waals surface area contributed by atoms with Crippen LogP contribution in [-0.2, 0) is 6.42 Å². The van der Waals surface area contributed by atoms with Gasteiger partial charge in [0.05, 0.1) is 0 Å². The zero-order valence-electron chi connectivity index (χ0n) is 10.1. The minimum atomic E-state index is 0.672. The number of aryl methyl sites for hydroxylation is 2. The van der Waals surface area contributed by atoms with E-state index < -0.39 is 0 Å². The fraction of sp³-hybridized carbons (Fsp3) is 0.571. The van der Waals surface area contributed by atoms with Gasteiger partial charge < -0.3 is 5.32 Å². The molecule has 0 aromatic heterocycles. The standard InChI is InChI=1S/C14H20BrN/c1-10-7-11(2)14(15)12(8-10)9-13-5-3-4-6-16-13/h7-8,13,16H,3-6,9H2,1-2H3. The predicted molar refractivity (Wildman–Crippen MR) is 73.0 cm³/mol. The molecule has 1 fully saturated rings. The monoisotopic (exact) mass is 281 g/mol. The summed E-state index contributed by atoms with van der Waals surface area (Å²) >= 11 is 3.71. The summed E-state index contributed by atoms with van der Waals surface area (Å²) in [6, 6.07) is 5.22. The summed E-state index contributed by atoms with van der Waals surface area (Å²) in [5, 5.41) is 3.61. The SMILES string of the molecule is Cc1cc(C)c(Br)c(CC2CCCCN2)c1. The molecule has 1 aliphatic rings. The molecule has 1 aliphatic heterocycles. The molecule has 0 radical (unpaired) electrons. The van der Waals surface area contributed by atoms with Crippen molar-refractivity contribution in [3.8, 4) is 0 Å². The van der Waals surface area contributed by atoms with Gasteiger partial charge in [-0.2, -0.15) is 0 Å². The summed E-state index contributed by atoms with van der Waals surface area (Å²) in [6.45, 7) is 5.54. The van der Waals surface area contributed by atoms with E-state index in [0.29, 0.717) is 6.04 Å². The summed E-state index contributed by atoms with van der Waals surface area (Å²) in [4.78, 5) is 0. The molecule has 1 atom stereocenters. The normalized spacial score (nSPS) is 21.1. The first kappa shape index (κ1) is 12.1. The first-order chi connectivity index (χ1) is 7.66. The van der Waals surface area contributed by atoms with E-state index in [4.69, 9.17) is 0 Å². The van der Waals surface area contributed by atoms with Crippen molar-refractivity contribution < 1.29 is 0 Å². The van der Waals surface area contributed by atoms with E-state index in [1.54, 1.807) is 0 Å². The average Bonchev–Trinajstić information content (AvgIpc) is 2.27. The van der Waals surface area contributed by atoms with E-state index in [9.17, 15) is 0 Å².